The molecule has 0 saturated carbocycles. The van der Waals surface area contributed by atoms with Crippen molar-refractivity contribution in [3.8, 4) is 5.75 Å². The summed E-state index contributed by atoms with van der Waals surface area (Å²) in [6.07, 6.45) is 1.92. The van der Waals surface area contributed by atoms with Gasteiger partial charge in [0.2, 0.25) is 5.91 Å². The lowest BCUT2D eigenvalue weighted by molar-refractivity contribution is -0.142. The lowest BCUT2D eigenvalue weighted by Crippen LogP contribution is -2.49. The minimum Gasteiger partial charge on any atom is -0.484 e. The minimum absolute atomic E-state index is 0.125. The van der Waals surface area contributed by atoms with E-state index >= 15 is 0 Å². The van der Waals surface area contributed by atoms with Crippen molar-refractivity contribution in [2.45, 2.75) is 46.2 Å². The Morgan fingerprint density at radius 3 is 2.55 bits per heavy atom. The molecule has 0 saturated heterocycles. The molecule has 0 heterocycles. The highest BCUT2D eigenvalue weighted by atomic mass is 79.9. The molecule has 5 nitrogen and oxygen atoms in total. The van der Waals surface area contributed by atoms with Gasteiger partial charge in [0.25, 0.3) is 5.91 Å². The highest BCUT2D eigenvalue weighted by Crippen LogP contribution is 2.17. The summed E-state index contributed by atoms with van der Waals surface area (Å²) in [6.45, 7) is 6.68. The van der Waals surface area contributed by atoms with Crippen LogP contribution in [0.25, 0.3) is 0 Å². The Morgan fingerprint density at radius 1 is 1.17 bits per heavy atom. The van der Waals surface area contributed by atoms with Crippen molar-refractivity contribution in [3.05, 3.63) is 64.1 Å². The van der Waals surface area contributed by atoms with E-state index in [1.807, 2.05) is 43.3 Å². The second kappa shape index (κ2) is 11.6. The van der Waals surface area contributed by atoms with Crippen LogP contribution >= 0.6 is 15.9 Å². The van der Waals surface area contributed by atoms with Gasteiger partial charge in [0.05, 0.1) is 0 Å². The summed E-state index contributed by atoms with van der Waals surface area (Å²) in [4.78, 5) is 27.1. The van der Waals surface area contributed by atoms with E-state index in [0.29, 0.717) is 18.8 Å². The highest BCUT2D eigenvalue weighted by Gasteiger charge is 2.26. The first-order chi connectivity index (χ1) is 13.9. The molecule has 156 valence electrons. The average Bonchev–Trinajstić information content (AvgIpc) is 2.71. The van der Waals surface area contributed by atoms with Gasteiger partial charge in [0, 0.05) is 17.6 Å². The molecule has 0 radical (unpaired) electrons. The Morgan fingerprint density at radius 2 is 1.90 bits per heavy atom. The number of aryl methyl sites for hydroxylation is 1. The monoisotopic (exact) mass is 460 g/mol. The van der Waals surface area contributed by atoms with Crippen LogP contribution in [-0.4, -0.2) is 35.9 Å². The average molecular weight is 461 g/mol. The second-order valence-electron chi connectivity index (χ2n) is 7.07. The Balaban J connectivity index is 2.10. The number of carbonyl (C=O) groups is 2. The van der Waals surface area contributed by atoms with Crippen LogP contribution in [0.2, 0.25) is 0 Å². The number of rotatable bonds is 10. The zero-order valence-electron chi connectivity index (χ0n) is 17.3. The Bertz CT molecular complexity index is 808. The highest BCUT2D eigenvalue weighted by molar-refractivity contribution is 9.10. The zero-order chi connectivity index (χ0) is 21.2. The molecule has 0 spiro atoms. The molecule has 0 aliphatic heterocycles. The van der Waals surface area contributed by atoms with Crippen molar-refractivity contribution in [2.75, 3.05) is 13.2 Å². The number of hydrogen-bond acceptors (Lipinski definition) is 3. The maximum Gasteiger partial charge on any atom is 0.261 e. The summed E-state index contributed by atoms with van der Waals surface area (Å²) in [5.41, 5.74) is 2.09. The molecular weight excluding hydrogens is 432 g/mol. The SMILES string of the molecule is CCCCNC(=O)[C@@H](C)N(Cc1cccc(C)c1)C(=O)COc1ccc(Br)cc1. The number of unbranched alkanes of at least 4 members (excludes halogenated alkanes) is 1. The molecular formula is C23H29BrN2O3. The first kappa shape index (κ1) is 22.9. The normalized spacial score (nSPS) is 11.6. The van der Waals surface area contributed by atoms with Gasteiger partial charge >= 0.3 is 0 Å². The van der Waals surface area contributed by atoms with E-state index in [1.165, 1.54) is 0 Å². The number of hydrogen-bond donors (Lipinski definition) is 1. The number of benzene rings is 2. The summed E-state index contributed by atoms with van der Waals surface area (Å²) in [7, 11) is 0. The number of nitrogens with one attached hydrogen (secondary N) is 1. The smallest absolute Gasteiger partial charge is 0.261 e. The van der Waals surface area contributed by atoms with E-state index in [4.69, 9.17) is 4.74 Å². The summed E-state index contributed by atoms with van der Waals surface area (Å²) in [5.74, 6) is 0.229. The van der Waals surface area contributed by atoms with E-state index in [-0.39, 0.29) is 18.4 Å². The van der Waals surface area contributed by atoms with Crippen LogP contribution in [0.1, 0.15) is 37.8 Å². The van der Waals surface area contributed by atoms with Crippen molar-refractivity contribution >= 4 is 27.7 Å². The summed E-state index contributed by atoms with van der Waals surface area (Å²) in [6, 6.07) is 14.7. The van der Waals surface area contributed by atoms with Crippen LogP contribution in [0.15, 0.2) is 53.0 Å². The van der Waals surface area contributed by atoms with Crippen LogP contribution in [0.4, 0.5) is 0 Å². The Kier molecular flexibility index (Phi) is 9.19. The third-order valence-electron chi connectivity index (χ3n) is 4.61. The molecule has 2 rings (SSSR count). The second-order valence-corrected chi connectivity index (χ2v) is 7.99. The maximum absolute atomic E-state index is 13.0. The van der Waals surface area contributed by atoms with Crippen molar-refractivity contribution in [1.29, 1.82) is 0 Å². The quantitative estimate of drug-likeness (QED) is 0.532. The molecule has 0 bridgehead atoms. The molecule has 0 fully saturated rings. The molecule has 0 aliphatic carbocycles. The summed E-state index contributed by atoms with van der Waals surface area (Å²) < 4.78 is 6.59. The first-order valence-electron chi connectivity index (χ1n) is 9.91. The van der Waals surface area contributed by atoms with Crippen LogP contribution < -0.4 is 10.1 Å². The fourth-order valence-electron chi connectivity index (χ4n) is 2.88. The fraction of sp³-hybridized carbons (Fsp3) is 0.391. The van der Waals surface area contributed by atoms with Gasteiger partial charge in [0.15, 0.2) is 6.61 Å². The molecule has 0 aromatic heterocycles. The molecule has 6 heteroatoms. The van der Waals surface area contributed by atoms with E-state index in [2.05, 4.69) is 28.2 Å². The van der Waals surface area contributed by atoms with E-state index < -0.39 is 6.04 Å². The van der Waals surface area contributed by atoms with Crippen molar-refractivity contribution in [3.63, 3.8) is 0 Å². The predicted octanol–water partition coefficient (Wildman–Crippen LogP) is 4.47. The largest absolute Gasteiger partial charge is 0.484 e. The van der Waals surface area contributed by atoms with Gasteiger partial charge in [-0.3, -0.25) is 9.59 Å². The minimum atomic E-state index is -0.589. The number of nitrogens with zero attached hydrogens (tertiary/aromatic N) is 1. The van der Waals surface area contributed by atoms with Gasteiger partial charge in [-0.25, -0.2) is 0 Å². The van der Waals surface area contributed by atoms with Gasteiger partial charge in [0.1, 0.15) is 11.8 Å². The zero-order valence-corrected chi connectivity index (χ0v) is 18.9. The summed E-state index contributed by atoms with van der Waals surface area (Å²) in [5, 5.41) is 2.92. The van der Waals surface area contributed by atoms with Crippen LogP contribution in [0.3, 0.4) is 0 Å². The van der Waals surface area contributed by atoms with Gasteiger partial charge in [-0.15, -0.1) is 0 Å². The van der Waals surface area contributed by atoms with E-state index in [0.717, 1.165) is 28.4 Å². The molecule has 2 aromatic carbocycles. The predicted molar refractivity (Wildman–Crippen MR) is 119 cm³/mol. The van der Waals surface area contributed by atoms with Crippen molar-refractivity contribution in [1.82, 2.24) is 10.2 Å². The van der Waals surface area contributed by atoms with Gasteiger partial charge in [-0.1, -0.05) is 59.1 Å². The Hall–Kier alpha value is -2.34. The fourth-order valence-corrected chi connectivity index (χ4v) is 3.15. The Labute approximate surface area is 181 Å². The standard InChI is InChI=1S/C23H29BrN2O3/c1-4-5-13-25-23(28)18(3)26(15-19-8-6-7-17(2)14-19)22(27)16-29-21-11-9-20(24)10-12-21/h6-12,14,18H,4-5,13,15-16H2,1-3H3,(H,25,28)/t18-/m1/s1. The van der Waals surface area contributed by atoms with Crippen LogP contribution in [0.5, 0.6) is 5.75 Å². The number of halogens is 1. The van der Waals surface area contributed by atoms with Crippen molar-refractivity contribution in [2.24, 2.45) is 0 Å². The lowest BCUT2D eigenvalue weighted by atomic mass is 10.1. The van der Waals surface area contributed by atoms with Crippen molar-refractivity contribution < 1.29 is 14.3 Å². The number of ether oxygens (including phenoxy) is 1. The molecule has 0 unspecified atom stereocenters. The molecule has 1 atom stereocenters. The molecule has 2 amide bonds. The lowest BCUT2D eigenvalue weighted by Gasteiger charge is -2.29. The molecule has 2 aromatic rings. The third-order valence-corrected chi connectivity index (χ3v) is 5.14. The van der Waals surface area contributed by atoms with Gasteiger partial charge < -0.3 is 15.0 Å². The van der Waals surface area contributed by atoms with Crippen LogP contribution in [-0.2, 0) is 16.1 Å². The summed E-state index contributed by atoms with van der Waals surface area (Å²) >= 11 is 3.38. The maximum atomic E-state index is 13.0. The molecule has 29 heavy (non-hydrogen) atoms. The number of carbonyl (C=O) groups excluding carboxylic acids is 2. The van der Waals surface area contributed by atoms with E-state index in [9.17, 15) is 9.59 Å². The van der Waals surface area contributed by atoms with Crippen LogP contribution in [0, 0.1) is 6.92 Å². The van der Waals surface area contributed by atoms with Gasteiger partial charge in [-0.2, -0.15) is 0 Å². The number of amides is 2. The molecule has 0 aliphatic rings. The first-order valence-corrected chi connectivity index (χ1v) is 10.7. The van der Waals surface area contributed by atoms with E-state index in [1.54, 1.807) is 24.0 Å². The topological polar surface area (TPSA) is 58.6 Å². The molecule has 1 N–H and O–H groups in total. The van der Waals surface area contributed by atoms with Gasteiger partial charge in [-0.05, 0) is 50.1 Å². The third kappa shape index (κ3) is 7.54.